The number of hydrogen-bond donors (Lipinski definition) is 1. The summed E-state index contributed by atoms with van der Waals surface area (Å²) in [5, 5.41) is 10.0. The summed E-state index contributed by atoms with van der Waals surface area (Å²) in [6.45, 7) is 5.49. The molecule has 1 aliphatic heterocycles. The van der Waals surface area contributed by atoms with Gasteiger partial charge in [-0.3, -0.25) is 4.90 Å². The molecule has 1 saturated heterocycles. The van der Waals surface area contributed by atoms with E-state index >= 15 is 0 Å². The lowest BCUT2D eigenvalue weighted by molar-refractivity contribution is -0.0221. The highest BCUT2D eigenvalue weighted by atomic mass is 19.1. The number of rotatable bonds is 4. The Morgan fingerprint density at radius 1 is 1.44 bits per heavy atom. The summed E-state index contributed by atoms with van der Waals surface area (Å²) in [6, 6.07) is 6.05. The number of halogens is 1. The fourth-order valence-corrected chi connectivity index (χ4v) is 2.25. The summed E-state index contributed by atoms with van der Waals surface area (Å²) >= 11 is 0. The van der Waals surface area contributed by atoms with E-state index in [1.165, 1.54) is 12.1 Å². The standard InChI is InChI=1S/C14H20FNO2/c1-11-10-16(8-9-18-11)7-6-14(17)12-2-4-13(15)5-3-12/h2-5,11,14,17H,6-10H2,1H3. The zero-order valence-corrected chi connectivity index (χ0v) is 10.7. The molecule has 1 fully saturated rings. The third-order valence-electron chi connectivity index (χ3n) is 3.30. The van der Waals surface area contributed by atoms with Gasteiger partial charge in [0.2, 0.25) is 0 Å². The van der Waals surface area contributed by atoms with Crippen molar-refractivity contribution in [3.05, 3.63) is 35.6 Å². The van der Waals surface area contributed by atoms with E-state index in [0.29, 0.717) is 6.42 Å². The van der Waals surface area contributed by atoms with Crippen molar-refractivity contribution in [3.8, 4) is 0 Å². The SMILES string of the molecule is CC1CN(CCC(O)c2ccc(F)cc2)CCO1. The van der Waals surface area contributed by atoms with Crippen molar-refractivity contribution in [2.45, 2.75) is 25.6 Å². The molecule has 1 heterocycles. The van der Waals surface area contributed by atoms with Crippen LogP contribution >= 0.6 is 0 Å². The Morgan fingerprint density at radius 3 is 2.83 bits per heavy atom. The molecule has 2 atom stereocenters. The van der Waals surface area contributed by atoms with Gasteiger partial charge in [0.05, 0.1) is 18.8 Å². The summed E-state index contributed by atoms with van der Waals surface area (Å²) in [6.07, 6.45) is 0.406. The van der Waals surface area contributed by atoms with Crippen LogP contribution in [0.2, 0.25) is 0 Å². The summed E-state index contributed by atoms with van der Waals surface area (Å²) in [5.41, 5.74) is 0.776. The van der Waals surface area contributed by atoms with Gasteiger partial charge in [-0.05, 0) is 31.0 Å². The molecule has 100 valence electrons. The molecule has 0 spiro atoms. The van der Waals surface area contributed by atoms with Crippen LogP contribution < -0.4 is 0 Å². The Balaban J connectivity index is 1.80. The van der Waals surface area contributed by atoms with Crippen LogP contribution in [0.1, 0.15) is 25.0 Å². The van der Waals surface area contributed by atoms with Gasteiger partial charge < -0.3 is 9.84 Å². The number of aliphatic hydroxyl groups excluding tert-OH is 1. The average Bonchev–Trinajstić information content (AvgIpc) is 2.37. The highest BCUT2D eigenvalue weighted by Crippen LogP contribution is 2.18. The Hall–Kier alpha value is -0.970. The van der Waals surface area contributed by atoms with Crippen molar-refractivity contribution in [3.63, 3.8) is 0 Å². The van der Waals surface area contributed by atoms with E-state index in [1.807, 2.05) is 0 Å². The molecular weight excluding hydrogens is 233 g/mol. The molecule has 1 aromatic rings. The van der Waals surface area contributed by atoms with Crippen molar-refractivity contribution in [2.75, 3.05) is 26.2 Å². The van der Waals surface area contributed by atoms with Crippen molar-refractivity contribution in [2.24, 2.45) is 0 Å². The second-order valence-electron chi connectivity index (χ2n) is 4.84. The molecule has 0 aliphatic carbocycles. The normalized spacial score (nSPS) is 22.9. The lowest BCUT2D eigenvalue weighted by atomic mass is 10.1. The van der Waals surface area contributed by atoms with Crippen LogP contribution in [0.15, 0.2) is 24.3 Å². The molecule has 4 heteroatoms. The van der Waals surface area contributed by atoms with Crippen molar-refractivity contribution in [1.29, 1.82) is 0 Å². The molecular formula is C14H20FNO2. The van der Waals surface area contributed by atoms with Gasteiger partial charge in [-0.15, -0.1) is 0 Å². The molecule has 1 N–H and O–H groups in total. The van der Waals surface area contributed by atoms with Crippen molar-refractivity contribution >= 4 is 0 Å². The highest BCUT2D eigenvalue weighted by molar-refractivity contribution is 5.18. The van der Waals surface area contributed by atoms with Crippen LogP contribution in [-0.4, -0.2) is 42.4 Å². The van der Waals surface area contributed by atoms with Crippen molar-refractivity contribution < 1.29 is 14.2 Å². The van der Waals surface area contributed by atoms with E-state index in [0.717, 1.165) is 31.8 Å². The summed E-state index contributed by atoms with van der Waals surface area (Å²) in [7, 11) is 0. The van der Waals surface area contributed by atoms with Crippen LogP contribution in [0.4, 0.5) is 4.39 Å². The predicted octanol–water partition coefficient (Wildman–Crippen LogP) is 1.97. The van der Waals surface area contributed by atoms with Gasteiger partial charge in [-0.25, -0.2) is 4.39 Å². The Morgan fingerprint density at radius 2 is 2.17 bits per heavy atom. The maximum Gasteiger partial charge on any atom is 0.123 e. The molecule has 0 amide bonds. The van der Waals surface area contributed by atoms with E-state index in [-0.39, 0.29) is 11.9 Å². The average molecular weight is 253 g/mol. The number of benzene rings is 1. The third-order valence-corrected chi connectivity index (χ3v) is 3.30. The van der Waals surface area contributed by atoms with Gasteiger partial charge in [0.15, 0.2) is 0 Å². The second kappa shape index (κ2) is 6.27. The van der Waals surface area contributed by atoms with Gasteiger partial charge in [0.25, 0.3) is 0 Å². The molecule has 0 radical (unpaired) electrons. The molecule has 0 saturated carbocycles. The Bertz CT molecular complexity index is 369. The first-order valence-electron chi connectivity index (χ1n) is 6.42. The van der Waals surface area contributed by atoms with Gasteiger partial charge in [0, 0.05) is 19.6 Å². The van der Waals surface area contributed by atoms with Crippen LogP contribution in [-0.2, 0) is 4.74 Å². The summed E-state index contributed by atoms with van der Waals surface area (Å²) in [5.74, 6) is -0.270. The van der Waals surface area contributed by atoms with E-state index < -0.39 is 6.10 Å². The van der Waals surface area contributed by atoms with Gasteiger partial charge in [-0.2, -0.15) is 0 Å². The molecule has 2 rings (SSSR count). The van der Waals surface area contributed by atoms with Crippen LogP contribution in [0.5, 0.6) is 0 Å². The third kappa shape index (κ3) is 3.77. The maximum absolute atomic E-state index is 12.8. The van der Waals surface area contributed by atoms with Crippen LogP contribution in [0, 0.1) is 5.82 Å². The number of morpholine rings is 1. The van der Waals surface area contributed by atoms with E-state index in [2.05, 4.69) is 11.8 Å². The minimum absolute atomic E-state index is 0.265. The predicted molar refractivity (Wildman–Crippen MR) is 67.8 cm³/mol. The smallest absolute Gasteiger partial charge is 0.123 e. The first kappa shape index (κ1) is 13.5. The van der Waals surface area contributed by atoms with E-state index in [9.17, 15) is 9.50 Å². The topological polar surface area (TPSA) is 32.7 Å². The molecule has 2 unspecified atom stereocenters. The first-order valence-corrected chi connectivity index (χ1v) is 6.42. The van der Waals surface area contributed by atoms with Gasteiger partial charge >= 0.3 is 0 Å². The number of ether oxygens (including phenoxy) is 1. The lowest BCUT2D eigenvalue weighted by Crippen LogP contribution is -2.41. The van der Waals surface area contributed by atoms with Crippen LogP contribution in [0.3, 0.4) is 0 Å². The first-order chi connectivity index (χ1) is 8.65. The number of aliphatic hydroxyl groups is 1. The highest BCUT2D eigenvalue weighted by Gasteiger charge is 2.17. The molecule has 1 aromatic carbocycles. The quantitative estimate of drug-likeness (QED) is 0.890. The fourth-order valence-electron chi connectivity index (χ4n) is 2.25. The number of nitrogens with zero attached hydrogens (tertiary/aromatic N) is 1. The van der Waals surface area contributed by atoms with Gasteiger partial charge in [-0.1, -0.05) is 12.1 Å². The van der Waals surface area contributed by atoms with Gasteiger partial charge in [0.1, 0.15) is 5.82 Å². The van der Waals surface area contributed by atoms with Crippen LogP contribution in [0.25, 0.3) is 0 Å². The zero-order chi connectivity index (χ0) is 13.0. The van der Waals surface area contributed by atoms with E-state index in [4.69, 9.17) is 4.74 Å². The largest absolute Gasteiger partial charge is 0.388 e. The van der Waals surface area contributed by atoms with Crippen molar-refractivity contribution in [1.82, 2.24) is 4.90 Å². The van der Waals surface area contributed by atoms with E-state index in [1.54, 1.807) is 12.1 Å². The molecule has 0 bridgehead atoms. The summed E-state index contributed by atoms with van der Waals surface area (Å²) in [4.78, 5) is 2.29. The summed E-state index contributed by atoms with van der Waals surface area (Å²) < 4.78 is 18.2. The molecule has 3 nitrogen and oxygen atoms in total. The second-order valence-corrected chi connectivity index (χ2v) is 4.84. The number of hydrogen-bond acceptors (Lipinski definition) is 3. The minimum Gasteiger partial charge on any atom is -0.388 e. The minimum atomic E-state index is -0.524. The maximum atomic E-state index is 12.8. The molecule has 0 aromatic heterocycles. The fraction of sp³-hybridized carbons (Fsp3) is 0.571. The molecule has 1 aliphatic rings. The monoisotopic (exact) mass is 253 g/mol. The lowest BCUT2D eigenvalue weighted by Gasteiger charge is -2.31. The molecule has 18 heavy (non-hydrogen) atoms. The Kier molecular flexibility index (Phi) is 4.69. The Labute approximate surface area is 107 Å². The zero-order valence-electron chi connectivity index (χ0n) is 10.7.